The van der Waals surface area contributed by atoms with Gasteiger partial charge in [-0.3, -0.25) is 5.10 Å². The Morgan fingerprint density at radius 1 is 1.50 bits per heavy atom. The van der Waals surface area contributed by atoms with Crippen LogP contribution in [0.15, 0.2) is 18.3 Å². The monoisotopic (exact) mass is 225 g/mol. The van der Waals surface area contributed by atoms with Crippen LogP contribution >= 0.6 is 23.6 Å². The van der Waals surface area contributed by atoms with Gasteiger partial charge < -0.3 is 4.74 Å². The van der Waals surface area contributed by atoms with E-state index in [2.05, 4.69) is 15.2 Å². The molecule has 0 radical (unpaired) electrons. The summed E-state index contributed by atoms with van der Waals surface area (Å²) in [7, 11) is 1.58. The number of aromatic amines is 1. The Bertz CT molecular complexity index is 474. The second-order valence-corrected chi connectivity index (χ2v) is 4.17. The van der Waals surface area contributed by atoms with Crippen LogP contribution in [-0.4, -0.2) is 22.3 Å². The van der Waals surface area contributed by atoms with Crippen molar-refractivity contribution in [3.63, 3.8) is 0 Å². The van der Waals surface area contributed by atoms with Gasteiger partial charge in [0.15, 0.2) is 3.95 Å². The summed E-state index contributed by atoms with van der Waals surface area (Å²) >= 11 is 6.36. The van der Waals surface area contributed by atoms with E-state index in [9.17, 15) is 0 Å². The number of ether oxygens (including phenoxy) is 1. The van der Waals surface area contributed by atoms with E-state index < -0.39 is 0 Å². The van der Waals surface area contributed by atoms with Gasteiger partial charge in [-0.2, -0.15) is 5.10 Å². The Labute approximate surface area is 89.6 Å². The van der Waals surface area contributed by atoms with E-state index in [0.29, 0.717) is 9.83 Å². The fourth-order valence-electron chi connectivity index (χ4n) is 0.981. The maximum Gasteiger partial charge on any atom is 0.212 e. The predicted octanol–water partition coefficient (Wildman–Crippen LogP) is 2.27. The minimum absolute atomic E-state index is 0.591. The van der Waals surface area contributed by atoms with Gasteiger partial charge in [0, 0.05) is 17.8 Å². The third kappa shape index (κ3) is 1.80. The second-order valence-electron chi connectivity index (χ2n) is 2.51. The summed E-state index contributed by atoms with van der Waals surface area (Å²) in [5, 5.41) is 7.61. The number of H-pyrrole nitrogens is 1. The molecule has 6 heteroatoms. The van der Waals surface area contributed by atoms with Crippen LogP contribution in [0.5, 0.6) is 5.88 Å². The summed E-state index contributed by atoms with van der Waals surface area (Å²) in [6.07, 6.45) is 1.71. The van der Waals surface area contributed by atoms with E-state index in [4.69, 9.17) is 17.0 Å². The molecule has 0 spiro atoms. The fraction of sp³-hybridized carbons (Fsp3) is 0.125. The van der Waals surface area contributed by atoms with Crippen molar-refractivity contribution in [1.29, 1.82) is 0 Å². The maximum atomic E-state index is 4.95. The molecule has 0 atom stereocenters. The van der Waals surface area contributed by atoms with Crippen LogP contribution < -0.4 is 4.74 Å². The first kappa shape index (κ1) is 9.29. The first-order chi connectivity index (χ1) is 6.79. The van der Waals surface area contributed by atoms with E-state index >= 15 is 0 Å². The molecule has 2 rings (SSSR count). The van der Waals surface area contributed by atoms with Crippen molar-refractivity contribution < 1.29 is 4.74 Å². The van der Waals surface area contributed by atoms with Crippen LogP contribution in [0.2, 0.25) is 0 Å². The van der Waals surface area contributed by atoms with Crippen molar-refractivity contribution in [2.24, 2.45) is 0 Å². The van der Waals surface area contributed by atoms with Gasteiger partial charge in [0.05, 0.1) is 7.11 Å². The number of rotatable bonds is 2. The van der Waals surface area contributed by atoms with Crippen molar-refractivity contribution in [3.8, 4) is 16.5 Å². The Morgan fingerprint density at radius 3 is 2.86 bits per heavy atom. The average Bonchev–Trinajstić information content (AvgIpc) is 2.65. The number of nitrogens with one attached hydrogen (secondary N) is 1. The lowest BCUT2D eigenvalue weighted by atomic mass is 10.3. The highest BCUT2D eigenvalue weighted by atomic mass is 32.1. The van der Waals surface area contributed by atoms with E-state index in [1.54, 1.807) is 19.4 Å². The van der Waals surface area contributed by atoms with Crippen molar-refractivity contribution in [2.75, 3.05) is 7.11 Å². The second kappa shape index (κ2) is 3.85. The van der Waals surface area contributed by atoms with Gasteiger partial charge in [0.25, 0.3) is 0 Å². The molecule has 2 aromatic heterocycles. The third-order valence-corrected chi connectivity index (χ3v) is 2.77. The zero-order valence-corrected chi connectivity index (χ0v) is 8.98. The van der Waals surface area contributed by atoms with Gasteiger partial charge in [-0.25, -0.2) is 4.98 Å². The molecule has 0 aliphatic heterocycles. The molecule has 0 aromatic carbocycles. The minimum atomic E-state index is 0.591. The number of hydrogen-bond acceptors (Lipinski definition) is 5. The molecule has 0 aliphatic carbocycles. The molecule has 14 heavy (non-hydrogen) atoms. The lowest BCUT2D eigenvalue weighted by Crippen LogP contribution is -1.86. The number of pyridine rings is 1. The molecule has 2 aromatic rings. The van der Waals surface area contributed by atoms with Gasteiger partial charge in [-0.05, 0) is 18.3 Å². The standard InChI is InChI=1S/C8H7N3OS2/c1-12-6-3-2-5(4-9-6)7-10-11-8(13)14-7/h2-4H,1H3,(H,11,13). The van der Waals surface area contributed by atoms with Crippen molar-refractivity contribution >= 4 is 23.6 Å². The van der Waals surface area contributed by atoms with Crippen LogP contribution in [0.3, 0.4) is 0 Å². The lowest BCUT2D eigenvalue weighted by Gasteiger charge is -1.98. The summed E-state index contributed by atoms with van der Waals surface area (Å²) in [5.41, 5.74) is 0.933. The molecule has 0 unspecified atom stereocenters. The summed E-state index contributed by atoms with van der Waals surface area (Å²) in [6.45, 7) is 0. The molecular weight excluding hydrogens is 218 g/mol. The maximum absolute atomic E-state index is 4.95. The zero-order valence-electron chi connectivity index (χ0n) is 7.35. The molecule has 0 saturated carbocycles. The van der Waals surface area contributed by atoms with Gasteiger partial charge in [0.1, 0.15) is 5.01 Å². The third-order valence-electron chi connectivity index (χ3n) is 1.63. The van der Waals surface area contributed by atoms with Crippen molar-refractivity contribution in [1.82, 2.24) is 15.2 Å². The largest absolute Gasteiger partial charge is 0.481 e. The number of hydrogen-bond donors (Lipinski definition) is 1. The van der Waals surface area contributed by atoms with Crippen LogP contribution in [0.4, 0.5) is 0 Å². The zero-order chi connectivity index (χ0) is 9.97. The SMILES string of the molecule is COc1ccc(-c2n[nH]c(=S)s2)cn1. The van der Waals surface area contributed by atoms with Crippen LogP contribution in [-0.2, 0) is 0 Å². The van der Waals surface area contributed by atoms with Gasteiger partial charge in [0.2, 0.25) is 5.88 Å². The Kier molecular flexibility index (Phi) is 2.55. The first-order valence-electron chi connectivity index (χ1n) is 3.85. The van der Waals surface area contributed by atoms with Crippen molar-refractivity contribution in [3.05, 3.63) is 22.3 Å². The summed E-state index contributed by atoms with van der Waals surface area (Å²) in [4.78, 5) is 4.08. The van der Waals surface area contributed by atoms with Crippen LogP contribution in [0.1, 0.15) is 0 Å². The molecule has 0 saturated heterocycles. The Hall–Kier alpha value is -1.27. The quantitative estimate of drug-likeness (QED) is 0.797. The molecule has 0 bridgehead atoms. The minimum Gasteiger partial charge on any atom is -0.481 e. The first-order valence-corrected chi connectivity index (χ1v) is 5.08. The van der Waals surface area contributed by atoms with E-state index in [1.807, 2.05) is 6.07 Å². The molecule has 0 aliphatic rings. The number of aromatic nitrogens is 3. The molecule has 2 heterocycles. The predicted molar refractivity (Wildman–Crippen MR) is 57.1 cm³/mol. The number of methoxy groups -OCH3 is 1. The summed E-state index contributed by atoms with van der Waals surface area (Å²) < 4.78 is 5.62. The smallest absolute Gasteiger partial charge is 0.212 e. The fourth-order valence-corrected chi connectivity index (χ4v) is 1.86. The topological polar surface area (TPSA) is 50.8 Å². The van der Waals surface area contributed by atoms with Crippen LogP contribution in [0.25, 0.3) is 10.6 Å². The highest BCUT2D eigenvalue weighted by Crippen LogP contribution is 2.21. The lowest BCUT2D eigenvalue weighted by molar-refractivity contribution is 0.398. The van der Waals surface area contributed by atoms with Gasteiger partial charge >= 0.3 is 0 Å². The van der Waals surface area contributed by atoms with Crippen LogP contribution in [0, 0.1) is 3.95 Å². The average molecular weight is 225 g/mol. The van der Waals surface area contributed by atoms with Crippen molar-refractivity contribution in [2.45, 2.75) is 0 Å². The highest BCUT2D eigenvalue weighted by Gasteiger charge is 2.02. The molecule has 0 amide bonds. The molecular formula is C8H7N3OS2. The summed E-state index contributed by atoms with van der Waals surface area (Å²) in [6, 6.07) is 3.69. The molecule has 0 fully saturated rings. The summed E-state index contributed by atoms with van der Waals surface area (Å²) in [5.74, 6) is 0.591. The van der Waals surface area contributed by atoms with Gasteiger partial charge in [-0.1, -0.05) is 11.3 Å². The normalized spacial score (nSPS) is 10.1. The Balaban J connectivity index is 2.38. The van der Waals surface area contributed by atoms with E-state index in [0.717, 1.165) is 10.6 Å². The van der Waals surface area contributed by atoms with E-state index in [1.165, 1.54) is 11.3 Å². The van der Waals surface area contributed by atoms with E-state index in [-0.39, 0.29) is 0 Å². The molecule has 4 nitrogen and oxygen atoms in total. The Morgan fingerprint density at radius 2 is 2.36 bits per heavy atom. The number of nitrogens with zero attached hydrogens (tertiary/aromatic N) is 2. The van der Waals surface area contributed by atoms with Gasteiger partial charge in [-0.15, -0.1) is 0 Å². The highest BCUT2D eigenvalue weighted by molar-refractivity contribution is 7.73. The molecule has 1 N–H and O–H groups in total. The molecule has 72 valence electrons.